The molecule has 1 saturated heterocycles. The smallest absolute Gasteiger partial charge is 0.0902 e. The van der Waals surface area contributed by atoms with E-state index in [4.69, 9.17) is 4.74 Å². The van der Waals surface area contributed by atoms with Gasteiger partial charge in [-0.3, -0.25) is 0 Å². The van der Waals surface area contributed by atoms with Crippen molar-refractivity contribution in [3.05, 3.63) is 35.4 Å². The lowest BCUT2D eigenvalue weighted by atomic mass is 10.0. The normalized spacial score (nSPS) is 22.4. The maximum Gasteiger partial charge on any atom is 0.0902 e. The Balaban J connectivity index is 1.46. The molecule has 3 nitrogen and oxygen atoms in total. The molecule has 0 saturated carbocycles. The third-order valence-electron chi connectivity index (χ3n) is 4.37. The van der Waals surface area contributed by atoms with Gasteiger partial charge in [-0.25, -0.2) is 0 Å². The van der Waals surface area contributed by atoms with Gasteiger partial charge >= 0.3 is 0 Å². The van der Waals surface area contributed by atoms with Crippen molar-refractivity contribution in [2.24, 2.45) is 0 Å². The van der Waals surface area contributed by atoms with Crippen molar-refractivity contribution in [2.45, 2.75) is 25.4 Å². The minimum absolute atomic E-state index is 0.0921. The molecule has 1 aromatic rings. The second-order valence-corrected chi connectivity index (χ2v) is 6.01. The maximum atomic E-state index is 5.98. The van der Waals surface area contributed by atoms with Crippen LogP contribution in [0.15, 0.2) is 24.3 Å². The largest absolute Gasteiger partial charge is 0.371 e. The first kappa shape index (κ1) is 13.1. The lowest BCUT2D eigenvalue weighted by Gasteiger charge is -2.39. The van der Waals surface area contributed by atoms with Crippen LogP contribution in [0.4, 0.5) is 0 Å². The predicted octanol–water partition coefficient (Wildman–Crippen LogP) is 1.47. The van der Waals surface area contributed by atoms with E-state index in [9.17, 15) is 0 Å². The van der Waals surface area contributed by atoms with E-state index >= 15 is 0 Å². The first-order valence-corrected chi connectivity index (χ1v) is 7.39. The van der Waals surface area contributed by atoms with Crippen LogP contribution < -0.4 is 5.32 Å². The van der Waals surface area contributed by atoms with Crippen molar-refractivity contribution in [3.63, 3.8) is 0 Å². The summed E-state index contributed by atoms with van der Waals surface area (Å²) in [6, 6.07) is 8.86. The molecule has 3 heteroatoms. The van der Waals surface area contributed by atoms with Crippen LogP contribution >= 0.6 is 0 Å². The van der Waals surface area contributed by atoms with E-state index in [1.807, 2.05) is 0 Å². The van der Waals surface area contributed by atoms with Crippen LogP contribution in [0.5, 0.6) is 0 Å². The maximum absolute atomic E-state index is 5.98. The van der Waals surface area contributed by atoms with Gasteiger partial charge in [0.2, 0.25) is 0 Å². The van der Waals surface area contributed by atoms with Crippen molar-refractivity contribution in [1.29, 1.82) is 0 Å². The fraction of sp³-hybridized carbons (Fsp3) is 0.625. The quantitative estimate of drug-likeness (QED) is 0.887. The first-order valence-electron chi connectivity index (χ1n) is 7.39. The Morgan fingerprint density at radius 1 is 1.16 bits per heavy atom. The minimum atomic E-state index is 0.0921. The summed E-state index contributed by atoms with van der Waals surface area (Å²) >= 11 is 0. The van der Waals surface area contributed by atoms with E-state index in [0.29, 0.717) is 0 Å². The van der Waals surface area contributed by atoms with Crippen LogP contribution in [0.1, 0.15) is 18.1 Å². The molecule has 19 heavy (non-hydrogen) atoms. The first-order chi connectivity index (χ1) is 9.25. The molecule has 2 aliphatic heterocycles. The molecule has 0 bridgehead atoms. The summed E-state index contributed by atoms with van der Waals surface area (Å²) in [6.07, 6.45) is 2.35. The van der Waals surface area contributed by atoms with Crippen molar-refractivity contribution in [3.8, 4) is 0 Å². The van der Waals surface area contributed by atoms with Gasteiger partial charge in [0.25, 0.3) is 0 Å². The zero-order valence-corrected chi connectivity index (χ0v) is 11.8. The van der Waals surface area contributed by atoms with E-state index < -0.39 is 0 Å². The van der Waals surface area contributed by atoms with Gasteiger partial charge in [-0.15, -0.1) is 0 Å². The van der Waals surface area contributed by atoms with Gasteiger partial charge < -0.3 is 15.0 Å². The molecule has 0 aliphatic carbocycles. The molecule has 1 aromatic carbocycles. The molecule has 0 unspecified atom stereocenters. The summed E-state index contributed by atoms with van der Waals surface area (Å²) in [5.41, 5.74) is 3.15. The Labute approximate surface area is 115 Å². The number of benzene rings is 1. The molecule has 0 atom stereocenters. The van der Waals surface area contributed by atoms with E-state index in [1.165, 1.54) is 24.0 Å². The molecule has 1 N–H and O–H groups in total. The van der Waals surface area contributed by atoms with E-state index in [-0.39, 0.29) is 5.60 Å². The lowest BCUT2D eigenvalue weighted by molar-refractivity contribution is -0.0719. The number of fused-ring (bicyclic) bond motifs is 1. The topological polar surface area (TPSA) is 24.5 Å². The average Bonchev–Trinajstić information content (AvgIpc) is 2.60. The van der Waals surface area contributed by atoms with Crippen LogP contribution in [-0.4, -0.2) is 49.8 Å². The van der Waals surface area contributed by atoms with Gasteiger partial charge in [-0.2, -0.15) is 0 Å². The number of nitrogens with one attached hydrogen (secondary N) is 1. The fourth-order valence-corrected chi connectivity index (χ4v) is 2.94. The summed E-state index contributed by atoms with van der Waals surface area (Å²) in [5.74, 6) is 0. The van der Waals surface area contributed by atoms with Gasteiger partial charge in [0.1, 0.15) is 0 Å². The van der Waals surface area contributed by atoms with Gasteiger partial charge in [-0.05, 0) is 30.9 Å². The number of hydrogen-bond donors (Lipinski definition) is 1. The SMILES string of the molecule is CC1(OCCN2CCc3ccccc3CC2)CNC1. The highest BCUT2D eigenvalue weighted by molar-refractivity contribution is 5.28. The third kappa shape index (κ3) is 3.16. The van der Waals surface area contributed by atoms with Gasteiger partial charge in [0, 0.05) is 32.7 Å². The third-order valence-corrected chi connectivity index (χ3v) is 4.37. The Morgan fingerprint density at radius 3 is 2.32 bits per heavy atom. The second-order valence-electron chi connectivity index (χ2n) is 6.01. The molecule has 104 valence electrons. The number of rotatable bonds is 4. The molecule has 0 aromatic heterocycles. The monoisotopic (exact) mass is 260 g/mol. The fourth-order valence-electron chi connectivity index (χ4n) is 2.94. The number of hydrogen-bond acceptors (Lipinski definition) is 3. The second kappa shape index (κ2) is 5.61. The molecule has 2 heterocycles. The molecule has 3 rings (SSSR count). The minimum Gasteiger partial charge on any atom is -0.371 e. The van der Waals surface area contributed by atoms with Crippen molar-refractivity contribution in [2.75, 3.05) is 39.3 Å². The van der Waals surface area contributed by atoms with Gasteiger partial charge in [0.05, 0.1) is 12.2 Å². The lowest BCUT2D eigenvalue weighted by Crippen LogP contribution is -2.59. The van der Waals surface area contributed by atoms with Crippen molar-refractivity contribution >= 4 is 0 Å². The summed E-state index contributed by atoms with van der Waals surface area (Å²) < 4.78 is 5.98. The summed E-state index contributed by atoms with van der Waals surface area (Å²) in [5, 5.41) is 3.27. The number of nitrogens with zero attached hydrogens (tertiary/aromatic N) is 1. The van der Waals surface area contributed by atoms with E-state index in [2.05, 4.69) is 41.4 Å². The number of ether oxygens (including phenoxy) is 1. The predicted molar refractivity (Wildman–Crippen MR) is 77.5 cm³/mol. The molecule has 1 fully saturated rings. The molecular formula is C16H24N2O. The Kier molecular flexibility index (Phi) is 3.87. The van der Waals surface area contributed by atoms with Crippen LogP contribution in [0.2, 0.25) is 0 Å². The van der Waals surface area contributed by atoms with Crippen molar-refractivity contribution < 1.29 is 4.74 Å². The molecule has 2 aliphatic rings. The molecular weight excluding hydrogens is 236 g/mol. The Hall–Kier alpha value is -0.900. The van der Waals surface area contributed by atoms with E-state index in [0.717, 1.165) is 39.3 Å². The van der Waals surface area contributed by atoms with Gasteiger partial charge in [-0.1, -0.05) is 24.3 Å². The molecule has 0 spiro atoms. The summed E-state index contributed by atoms with van der Waals surface area (Å²) in [4.78, 5) is 2.54. The van der Waals surface area contributed by atoms with Gasteiger partial charge in [0.15, 0.2) is 0 Å². The standard InChI is InChI=1S/C16H24N2O/c1-16(12-17-13-16)19-11-10-18-8-6-14-4-2-3-5-15(14)7-9-18/h2-5,17H,6-13H2,1H3. The zero-order chi connectivity index (χ0) is 13.1. The summed E-state index contributed by atoms with van der Waals surface area (Å²) in [6.45, 7) is 8.43. The Bertz CT molecular complexity index is 402. The zero-order valence-electron chi connectivity index (χ0n) is 11.8. The van der Waals surface area contributed by atoms with Crippen LogP contribution in [0, 0.1) is 0 Å². The van der Waals surface area contributed by atoms with Crippen LogP contribution in [0.25, 0.3) is 0 Å². The highest BCUT2D eigenvalue weighted by Crippen LogP contribution is 2.17. The highest BCUT2D eigenvalue weighted by Gasteiger charge is 2.32. The molecule has 0 radical (unpaired) electrons. The summed E-state index contributed by atoms with van der Waals surface area (Å²) in [7, 11) is 0. The Morgan fingerprint density at radius 2 is 1.79 bits per heavy atom. The van der Waals surface area contributed by atoms with E-state index in [1.54, 1.807) is 0 Å². The highest BCUT2D eigenvalue weighted by atomic mass is 16.5. The molecule has 0 amide bonds. The average molecular weight is 260 g/mol. The van der Waals surface area contributed by atoms with Crippen LogP contribution in [0.3, 0.4) is 0 Å². The van der Waals surface area contributed by atoms with Crippen LogP contribution in [-0.2, 0) is 17.6 Å². The van der Waals surface area contributed by atoms with Crippen molar-refractivity contribution in [1.82, 2.24) is 10.2 Å².